The maximum Gasteiger partial charge on any atom is 0.161 e. The number of rotatable bonds is 4. The van der Waals surface area contributed by atoms with Crippen molar-refractivity contribution in [3.05, 3.63) is 88.5 Å². The number of anilines is 1. The van der Waals surface area contributed by atoms with Crippen LogP contribution in [0, 0.1) is 11.3 Å². The average Bonchev–Trinajstić information content (AvgIpc) is 3.17. The molecule has 3 aromatic rings. The van der Waals surface area contributed by atoms with Crippen LogP contribution in [-0.2, 0) is 6.42 Å². The van der Waals surface area contributed by atoms with Crippen molar-refractivity contribution in [2.45, 2.75) is 18.4 Å². The van der Waals surface area contributed by atoms with E-state index in [1.807, 2.05) is 12.1 Å². The number of nitrogens with one attached hydrogen (secondary N) is 2. The third-order valence-corrected chi connectivity index (χ3v) is 6.48. The molecule has 30 heavy (non-hydrogen) atoms. The molecule has 0 saturated heterocycles. The lowest BCUT2D eigenvalue weighted by Crippen LogP contribution is -2.30. The van der Waals surface area contributed by atoms with Crippen molar-refractivity contribution in [3.63, 3.8) is 0 Å². The SMILES string of the molecule is COc1ccc(C2Nc3ccc(C(=N)N)cc3C3c4ccccc4CC23)cc1OC. The highest BCUT2D eigenvalue weighted by Crippen LogP contribution is 2.54. The number of hydrogen-bond acceptors (Lipinski definition) is 4. The fourth-order valence-electron chi connectivity index (χ4n) is 5.10. The van der Waals surface area contributed by atoms with Gasteiger partial charge in [-0.1, -0.05) is 30.3 Å². The van der Waals surface area contributed by atoms with Crippen molar-refractivity contribution in [1.29, 1.82) is 5.41 Å². The lowest BCUT2D eigenvalue weighted by Gasteiger charge is -2.38. The molecule has 152 valence electrons. The van der Waals surface area contributed by atoms with Gasteiger partial charge in [-0.15, -0.1) is 0 Å². The van der Waals surface area contributed by atoms with Gasteiger partial charge in [-0.05, 0) is 64.9 Å². The Morgan fingerprint density at radius 2 is 1.77 bits per heavy atom. The Balaban J connectivity index is 1.65. The topological polar surface area (TPSA) is 80.4 Å². The van der Waals surface area contributed by atoms with E-state index in [2.05, 4.69) is 53.8 Å². The normalized spacial score (nSPS) is 21.1. The minimum atomic E-state index is 0.0997. The summed E-state index contributed by atoms with van der Waals surface area (Å²) in [5, 5.41) is 11.6. The highest BCUT2D eigenvalue weighted by Gasteiger charge is 2.43. The van der Waals surface area contributed by atoms with Crippen LogP contribution in [0.5, 0.6) is 11.5 Å². The van der Waals surface area contributed by atoms with Crippen molar-refractivity contribution in [2.75, 3.05) is 19.5 Å². The van der Waals surface area contributed by atoms with Gasteiger partial charge < -0.3 is 20.5 Å². The molecule has 1 heterocycles. The molecule has 2 aliphatic rings. The Morgan fingerprint density at radius 3 is 2.53 bits per heavy atom. The molecule has 1 aliphatic carbocycles. The molecule has 5 heteroatoms. The van der Waals surface area contributed by atoms with Gasteiger partial charge in [0.2, 0.25) is 0 Å². The smallest absolute Gasteiger partial charge is 0.161 e. The Hall–Kier alpha value is -3.47. The summed E-state index contributed by atoms with van der Waals surface area (Å²) >= 11 is 0. The predicted molar refractivity (Wildman–Crippen MR) is 119 cm³/mol. The summed E-state index contributed by atoms with van der Waals surface area (Å²) in [5.74, 6) is 2.18. The van der Waals surface area contributed by atoms with Gasteiger partial charge >= 0.3 is 0 Å². The largest absolute Gasteiger partial charge is 0.493 e. The van der Waals surface area contributed by atoms with E-state index >= 15 is 0 Å². The molecule has 4 N–H and O–H groups in total. The third kappa shape index (κ3) is 2.81. The summed E-state index contributed by atoms with van der Waals surface area (Å²) in [7, 11) is 3.33. The van der Waals surface area contributed by atoms with Crippen LogP contribution < -0.4 is 20.5 Å². The van der Waals surface area contributed by atoms with Crippen LogP contribution in [-0.4, -0.2) is 20.1 Å². The summed E-state index contributed by atoms with van der Waals surface area (Å²) in [6, 6.07) is 21.0. The highest BCUT2D eigenvalue weighted by atomic mass is 16.5. The number of ether oxygens (including phenoxy) is 2. The lowest BCUT2D eigenvalue weighted by molar-refractivity contribution is 0.352. The molecule has 3 aromatic carbocycles. The summed E-state index contributed by atoms with van der Waals surface area (Å²) in [4.78, 5) is 0. The van der Waals surface area contributed by atoms with Crippen molar-refractivity contribution in [1.82, 2.24) is 0 Å². The van der Waals surface area contributed by atoms with E-state index in [1.54, 1.807) is 14.2 Å². The first-order valence-corrected chi connectivity index (χ1v) is 10.2. The second kappa shape index (κ2) is 7.10. The van der Waals surface area contributed by atoms with Gasteiger partial charge in [-0.3, -0.25) is 5.41 Å². The Kier molecular flexibility index (Phi) is 4.39. The van der Waals surface area contributed by atoms with E-state index in [0.717, 1.165) is 29.2 Å². The van der Waals surface area contributed by atoms with Crippen LogP contribution in [0.25, 0.3) is 0 Å². The van der Waals surface area contributed by atoms with Gasteiger partial charge in [-0.2, -0.15) is 0 Å². The highest BCUT2D eigenvalue weighted by molar-refractivity contribution is 5.95. The number of amidine groups is 1. The Morgan fingerprint density at radius 1 is 0.967 bits per heavy atom. The maximum absolute atomic E-state index is 7.88. The molecular weight excluding hydrogens is 374 g/mol. The molecular formula is C25H25N3O2. The van der Waals surface area contributed by atoms with Gasteiger partial charge in [-0.25, -0.2) is 0 Å². The van der Waals surface area contributed by atoms with Gasteiger partial charge in [0.15, 0.2) is 11.5 Å². The fourth-order valence-corrected chi connectivity index (χ4v) is 5.10. The zero-order valence-electron chi connectivity index (χ0n) is 17.1. The van der Waals surface area contributed by atoms with Crippen molar-refractivity contribution < 1.29 is 9.47 Å². The quantitative estimate of drug-likeness (QED) is 0.447. The molecule has 0 amide bonds. The summed E-state index contributed by atoms with van der Waals surface area (Å²) < 4.78 is 11.0. The standard InChI is InChI=1S/C25H25N3O2/c1-29-21-10-8-15(13-22(21)30-2)24-19-11-14-5-3-4-6-17(14)23(19)18-12-16(25(26)27)7-9-20(18)28-24/h3-10,12-13,19,23-24,28H,11H2,1-2H3,(H3,26,27). The Bertz CT molecular complexity index is 1140. The van der Waals surface area contributed by atoms with Crippen LogP contribution in [0.15, 0.2) is 60.7 Å². The van der Waals surface area contributed by atoms with E-state index in [9.17, 15) is 0 Å². The van der Waals surface area contributed by atoms with Crippen LogP contribution in [0.4, 0.5) is 5.69 Å². The molecule has 1 aliphatic heterocycles. The number of nitrogen functional groups attached to an aromatic ring is 1. The second-order valence-corrected chi connectivity index (χ2v) is 8.00. The zero-order valence-corrected chi connectivity index (χ0v) is 17.1. The number of nitrogens with two attached hydrogens (primary N) is 1. The van der Waals surface area contributed by atoms with Crippen LogP contribution >= 0.6 is 0 Å². The summed E-state index contributed by atoms with van der Waals surface area (Å²) in [6.45, 7) is 0. The molecule has 0 spiro atoms. The number of fused-ring (bicyclic) bond motifs is 5. The first-order valence-electron chi connectivity index (χ1n) is 10.2. The summed E-state index contributed by atoms with van der Waals surface area (Å²) in [5.41, 5.74) is 12.8. The van der Waals surface area contributed by atoms with Crippen LogP contribution in [0.1, 0.15) is 39.8 Å². The fraction of sp³-hybridized carbons (Fsp3) is 0.240. The number of hydrogen-bond donors (Lipinski definition) is 3. The van der Waals surface area contributed by atoms with Crippen molar-refractivity contribution >= 4 is 11.5 Å². The minimum Gasteiger partial charge on any atom is -0.493 e. The number of methoxy groups -OCH3 is 2. The van der Waals surface area contributed by atoms with Gasteiger partial charge in [0.1, 0.15) is 5.84 Å². The lowest BCUT2D eigenvalue weighted by atomic mass is 9.75. The van der Waals surface area contributed by atoms with E-state index < -0.39 is 0 Å². The average molecular weight is 399 g/mol. The Labute approximate surface area is 176 Å². The zero-order chi connectivity index (χ0) is 20.8. The van der Waals surface area contributed by atoms with E-state index in [4.69, 9.17) is 20.6 Å². The first kappa shape index (κ1) is 18.6. The monoisotopic (exact) mass is 399 g/mol. The summed E-state index contributed by atoms with van der Waals surface area (Å²) in [6.07, 6.45) is 0.997. The molecule has 5 nitrogen and oxygen atoms in total. The molecule has 0 saturated carbocycles. The van der Waals surface area contributed by atoms with Gasteiger partial charge in [0, 0.05) is 17.2 Å². The number of benzene rings is 3. The first-order chi connectivity index (χ1) is 14.6. The van der Waals surface area contributed by atoms with Crippen LogP contribution in [0.2, 0.25) is 0 Å². The molecule has 0 bridgehead atoms. The molecule has 0 radical (unpaired) electrons. The van der Waals surface area contributed by atoms with Gasteiger partial charge in [0.05, 0.1) is 20.3 Å². The van der Waals surface area contributed by atoms with E-state index in [0.29, 0.717) is 5.92 Å². The van der Waals surface area contributed by atoms with Crippen molar-refractivity contribution in [3.8, 4) is 11.5 Å². The molecule has 0 fully saturated rings. The second-order valence-electron chi connectivity index (χ2n) is 8.00. The minimum absolute atomic E-state index is 0.0997. The molecule has 5 rings (SSSR count). The maximum atomic E-state index is 7.88. The van der Waals surface area contributed by atoms with E-state index in [-0.39, 0.29) is 17.8 Å². The molecule has 3 unspecified atom stereocenters. The third-order valence-electron chi connectivity index (χ3n) is 6.48. The molecule has 0 aromatic heterocycles. The predicted octanol–water partition coefficient (Wildman–Crippen LogP) is 4.46. The molecule has 3 atom stereocenters. The van der Waals surface area contributed by atoms with Crippen molar-refractivity contribution in [2.24, 2.45) is 11.7 Å². The van der Waals surface area contributed by atoms with E-state index in [1.165, 1.54) is 22.3 Å². The van der Waals surface area contributed by atoms with Gasteiger partial charge in [0.25, 0.3) is 0 Å². The van der Waals surface area contributed by atoms with Crippen LogP contribution in [0.3, 0.4) is 0 Å².